The fourth-order valence-electron chi connectivity index (χ4n) is 3.30. The highest BCUT2D eigenvalue weighted by molar-refractivity contribution is 5.71. The van der Waals surface area contributed by atoms with Gasteiger partial charge >= 0.3 is 0 Å². The van der Waals surface area contributed by atoms with E-state index < -0.39 is 0 Å². The quantitative estimate of drug-likeness (QED) is 0.264. The molecule has 0 atom stereocenters. The van der Waals surface area contributed by atoms with Crippen molar-refractivity contribution in [3.05, 3.63) is 97.1 Å². The summed E-state index contributed by atoms with van der Waals surface area (Å²) in [6.07, 6.45) is 0. The van der Waals surface area contributed by atoms with Gasteiger partial charge in [0.15, 0.2) is 13.6 Å². The van der Waals surface area contributed by atoms with Crippen molar-refractivity contribution in [2.75, 3.05) is 24.2 Å². The molecule has 6 nitrogen and oxygen atoms in total. The Kier molecular flexibility index (Phi) is 6.87. The molecule has 0 aliphatic carbocycles. The molecular weight excluding hydrogens is 404 g/mol. The second-order valence-corrected chi connectivity index (χ2v) is 7.01. The lowest BCUT2D eigenvalue weighted by molar-refractivity contribution is 0.0982. The number of anilines is 4. The van der Waals surface area contributed by atoms with E-state index in [1.54, 1.807) is 12.1 Å². The van der Waals surface area contributed by atoms with Crippen LogP contribution in [0.1, 0.15) is 0 Å². The molecule has 32 heavy (non-hydrogen) atoms. The van der Waals surface area contributed by atoms with Gasteiger partial charge < -0.3 is 30.3 Å². The van der Waals surface area contributed by atoms with Crippen LogP contribution in [-0.4, -0.2) is 23.8 Å². The third kappa shape index (κ3) is 5.57. The lowest BCUT2D eigenvalue weighted by Gasteiger charge is -2.11. The predicted molar refractivity (Wildman–Crippen MR) is 127 cm³/mol. The standard InChI is InChI=1S/C26H24N2O4/c29-17-31-25-5-1-3-23(15-25)27-21-11-7-19(8-12-21)20-9-13-22(14-10-20)28-24-4-2-6-26(16-24)32-18-30/h1-16,27-30H,17-18H2. The summed E-state index contributed by atoms with van der Waals surface area (Å²) in [6.45, 7) is -0.700. The van der Waals surface area contributed by atoms with Crippen LogP contribution in [0.5, 0.6) is 11.5 Å². The van der Waals surface area contributed by atoms with E-state index in [2.05, 4.69) is 34.9 Å². The monoisotopic (exact) mass is 428 g/mol. The fourth-order valence-corrected chi connectivity index (χ4v) is 3.30. The lowest BCUT2D eigenvalue weighted by Crippen LogP contribution is -1.96. The van der Waals surface area contributed by atoms with Gasteiger partial charge in [0.2, 0.25) is 0 Å². The van der Waals surface area contributed by atoms with E-state index >= 15 is 0 Å². The van der Waals surface area contributed by atoms with Crippen LogP contribution in [0.15, 0.2) is 97.1 Å². The Balaban J connectivity index is 1.41. The molecule has 4 aromatic carbocycles. The molecule has 6 heteroatoms. The van der Waals surface area contributed by atoms with Crippen molar-refractivity contribution >= 4 is 22.7 Å². The second-order valence-electron chi connectivity index (χ2n) is 7.01. The molecule has 0 aromatic heterocycles. The summed E-state index contributed by atoms with van der Waals surface area (Å²) in [5, 5.41) is 24.5. The Labute approximate surface area is 186 Å². The number of ether oxygens (including phenoxy) is 2. The van der Waals surface area contributed by atoms with Crippen LogP contribution >= 0.6 is 0 Å². The molecule has 0 fully saturated rings. The minimum absolute atomic E-state index is 0.350. The number of aliphatic hydroxyl groups excluding tert-OH is 2. The summed E-state index contributed by atoms with van der Waals surface area (Å²) < 4.78 is 10.2. The first-order valence-corrected chi connectivity index (χ1v) is 10.2. The Morgan fingerprint density at radius 1 is 0.500 bits per heavy atom. The number of nitrogens with one attached hydrogen (secondary N) is 2. The molecule has 0 bridgehead atoms. The minimum Gasteiger partial charge on any atom is -0.468 e. The molecule has 0 amide bonds. The molecule has 0 saturated carbocycles. The first-order valence-electron chi connectivity index (χ1n) is 10.2. The Morgan fingerprint density at radius 2 is 0.906 bits per heavy atom. The van der Waals surface area contributed by atoms with Gasteiger partial charge in [0.05, 0.1) is 0 Å². The Hall–Kier alpha value is -4.00. The zero-order valence-corrected chi connectivity index (χ0v) is 17.4. The van der Waals surface area contributed by atoms with Gasteiger partial charge in [-0.25, -0.2) is 0 Å². The van der Waals surface area contributed by atoms with E-state index in [1.165, 1.54) is 0 Å². The SMILES string of the molecule is OCOc1cccc(Nc2ccc(-c3ccc(Nc4cccc(OCO)c4)cc3)cc2)c1. The van der Waals surface area contributed by atoms with E-state index in [4.69, 9.17) is 19.7 Å². The molecule has 0 spiro atoms. The minimum atomic E-state index is -0.350. The van der Waals surface area contributed by atoms with Gasteiger partial charge in [-0.2, -0.15) is 0 Å². The van der Waals surface area contributed by atoms with Gasteiger partial charge in [-0.3, -0.25) is 0 Å². The zero-order valence-electron chi connectivity index (χ0n) is 17.4. The fraction of sp³-hybridized carbons (Fsp3) is 0.0769. The molecule has 0 aliphatic rings. The van der Waals surface area contributed by atoms with Crippen LogP contribution in [-0.2, 0) is 0 Å². The molecule has 0 heterocycles. The molecular formula is C26H24N2O4. The third-order valence-corrected chi connectivity index (χ3v) is 4.81. The normalized spacial score (nSPS) is 10.4. The van der Waals surface area contributed by atoms with Gasteiger partial charge in [-0.05, 0) is 59.7 Å². The zero-order chi connectivity index (χ0) is 22.2. The summed E-state index contributed by atoms with van der Waals surface area (Å²) in [4.78, 5) is 0. The van der Waals surface area contributed by atoms with E-state index in [9.17, 15) is 0 Å². The van der Waals surface area contributed by atoms with Crippen molar-refractivity contribution in [2.24, 2.45) is 0 Å². The summed E-state index contributed by atoms with van der Waals surface area (Å²) in [5.74, 6) is 1.21. The van der Waals surface area contributed by atoms with Crippen molar-refractivity contribution in [2.45, 2.75) is 0 Å². The number of rotatable bonds is 9. The van der Waals surface area contributed by atoms with E-state index in [0.717, 1.165) is 33.9 Å². The lowest BCUT2D eigenvalue weighted by atomic mass is 10.0. The molecule has 0 aliphatic heterocycles. The van der Waals surface area contributed by atoms with Gasteiger partial charge in [-0.15, -0.1) is 0 Å². The van der Waals surface area contributed by atoms with Crippen molar-refractivity contribution in [1.29, 1.82) is 0 Å². The summed E-state index contributed by atoms with van der Waals surface area (Å²) in [5.41, 5.74) is 5.90. The molecule has 4 N–H and O–H groups in total. The van der Waals surface area contributed by atoms with Gasteiger partial charge in [-0.1, -0.05) is 36.4 Å². The largest absolute Gasteiger partial charge is 0.468 e. The first kappa shape index (κ1) is 21.2. The number of hydrogen-bond acceptors (Lipinski definition) is 6. The van der Waals surface area contributed by atoms with Crippen molar-refractivity contribution < 1.29 is 19.7 Å². The third-order valence-electron chi connectivity index (χ3n) is 4.81. The van der Waals surface area contributed by atoms with Gasteiger partial charge in [0.1, 0.15) is 11.5 Å². The molecule has 4 aromatic rings. The molecule has 0 radical (unpaired) electrons. The maximum atomic E-state index is 8.90. The van der Waals surface area contributed by atoms with Crippen LogP contribution in [0.4, 0.5) is 22.7 Å². The second kappa shape index (κ2) is 10.3. The summed E-state index contributed by atoms with van der Waals surface area (Å²) in [6, 6.07) is 31.2. The highest BCUT2D eigenvalue weighted by atomic mass is 16.6. The van der Waals surface area contributed by atoms with Crippen molar-refractivity contribution in [3.8, 4) is 22.6 Å². The average Bonchev–Trinajstić information content (AvgIpc) is 2.81. The summed E-state index contributed by atoms with van der Waals surface area (Å²) in [7, 11) is 0. The van der Waals surface area contributed by atoms with Crippen LogP contribution < -0.4 is 20.1 Å². The van der Waals surface area contributed by atoms with Crippen LogP contribution in [0.3, 0.4) is 0 Å². The number of aliphatic hydroxyl groups is 2. The van der Waals surface area contributed by atoms with Crippen molar-refractivity contribution in [1.82, 2.24) is 0 Å². The Morgan fingerprint density at radius 3 is 1.28 bits per heavy atom. The van der Waals surface area contributed by atoms with Gasteiger partial charge in [0.25, 0.3) is 0 Å². The molecule has 0 saturated heterocycles. The van der Waals surface area contributed by atoms with Crippen LogP contribution in [0.2, 0.25) is 0 Å². The number of benzene rings is 4. The van der Waals surface area contributed by atoms with E-state index in [-0.39, 0.29) is 13.6 Å². The highest BCUT2D eigenvalue weighted by Crippen LogP contribution is 2.27. The van der Waals surface area contributed by atoms with E-state index in [1.807, 2.05) is 60.7 Å². The molecule has 162 valence electrons. The highest BCUT2D eigenvalue weighted by Gasteiger charge is 2.02. The van der Waals surface area contributed by atoms with Gasteiger partial charge in [0, 0.05) is 34.9 Å². The number of hydrogen-bond donors (Lipinski definition) is 4. The molecule has 4 rings (SSSR count). The van der Waals surface area contributed by atoms with Crippen molar-refractivity contribution in [3.63, 3.8) is 0 Å². The Bertz CT molecular complexity index is 1050. The maximum absolute atomic E-state index is 8.90. The predicted octanol–water partition coefficient (Wildman–Crippen LogP) is 5.50. The maximum Gasteiger partial charge on any atom is 0.186 e. The topological polar surface area (TPSA) is 83.0 Å². The first-order chi connectivity index (χ1) is 15.7. The average molecular weight is 428 g/mol. The van der Waals surface area contributed by atoms with Crippen LogP contribution in [0.25, 0.3) is 11.1 Å². The smallest absolute Gasteiger partial charge is 0.186 e. The van der Waals surface area contributed by atoms with E-state index in [0.29, 0.717) is 11.5 Å². The summed E-state index contributed by atoms with van der Waals surface area (Å²) >= 11 is 0. The molecule has 0 unspecified atom stereocenters. The van der Waals surface area contributed by atoms with Crippen LogP contribution in [0, 0.1) is 0 Å².